The molecule has 0 unspecified atom stereocenters. The summed E-state index contributed by atoms with van der Waals surface area (Å²) < 4.78 is 0. The first kappa shape index (κ1) is 8.74. The first-order valence-electron chi connectivity index (χ1n) is 3.68. The molecule has 0 heterocycles. The minimum absolute atomic E-state index is 0.267. The highest BCUT2D eigenvalue weighted by atomic mass is 16.4. The minimum Gasteiger partial charge on any atom is -0.478 e. The SMILES string of the molecule is Cc1ccc(C(=O)O)c(CN)c1. The van der Waals surface area contributed by atoms with Crippen molar-refractivity contribution in [2.24, 2.45) is 5.73 Å². The zero-order valence-electron chi connectivity index (χ0n) is 6.87. The van der Waals surface area contributed by atoms with E-state index in [1.807, 2.05) is 6.92 Å². The van der Waals surface area contributed by atoms with Crippen molar-refractivity contribution >= 4 is 5.97 Å². The van der Waals surface area contributed by atoms with E-state index in [1.54, 1.807) is 18.2 Å². The van der Waals surface area contributed by atoms with E-state index in [4.69, 9.17) is 10.8 Å². The Morgan fingerprint density at radius 2 is 2.25 bits per heavy atom. The molecule has 12 heavy (non-hydrogen) atoms. The van der Waals surface area contributed by atoms with Gasteiger partial charge >= 0.3 is 5.97 Å². The number of benzene rings is 1. The summed E-state index contributed by atoms with van der Waals surface area (Å²) in [5, 5.41) is 8.73. The number of hydrogen-bond donors (Lipinski definition) is 2. The molecule has 0 spiro atoms. The third kappa shape index (κ3) is 1.62. The van der Waals surface area contributed by atoms with Crippen molar-refractivity contribution in [1.82, 2.24) is 0 Å². The standard InChI is InChI=1S/C9H11NO2/c1-6-2-3-8(9(11)12)7(4-6)5-10/h2-4H,5,10H2,1H3,(H,11,12). The van der Waals surface area contributed by atoms with Crippen LogP contribution in [0.1, 0.15) is 21.5 Å². The van der Waals surface area contributed by atoms with E-state index in [9.17, 15) is 4.79 Å². The molecule has 0 aromatic heterocycles. The maximum Gasteiger partial charge on any atom is 0.336 e. The quantitative estimate of drug-likeness (QED) is 0.691. The fourth-order valence-electron chi connectivity index (χ4n) is 1.10. The number of carboxylic acid groups (broad SMARTS) is 1. The van der Waals surface area contributed by atoms with Crippen molar-refractivity contribution in [2.75, 3.05) is 0 Å². The molecule has 0 fully saturated rings. The van der Waals surface area contributed by atoms with Gasteiger partial charge in [-0.25, -0.2) is 4.79 Å². The van der Waals surface area contributed by atoms with Gasteiger partial charge < -0.3 is 10.8 Å². The topological polar surface area (TPSA) is 63.3 Å². The molecule has 1 rings (SSSR count). The maximum atomic E-state index is 10.6. The van der Waals surface area contributed by atoms with E-state index in [-0.39, 0.29) is 6.54 Å². The number of rotatable bonds is 2. The van der Waals surface area contributed by atoms with Crippen LogP contribution in [-0.2, 0) is 6.54 Å². The summed E-state index contributed by atoms with van der Waals surface area (Å²) in [6.45, 7) is 2.17. The molecule has 1 aromatic rings. The Labute approximate surface area is 70.8 Å². The lowest BCUT2D eigenvalue weighted by molar-refractivity contribution is 0.0695. The van der Waals surface area contributed by atoms with Crippen LogP contribution in [0, 0.1) is 6.92 Å². The summed E-state index contributed by atoms with van der Waals surface area (Å²) in [6, 6.07) is 5.14. The van der Waals surface area contributed by atoms with Gasteiger partial charge in [0.05, 0.1) is 5.56 Å². The summed E-state index contributed by atoms with van der Waals surface area (Å²) in [7, 11) is 0. The van der Waals surface area contributed by atoms with Crippen molar-refractivity contribution in [3.63, 3.8) is 0 Å². The number of nitrogens with two attached hydrogens (primary N) is 1. The third-order valence-corrected chi connectivity index (χ3v) is 1.71. The monoisotopic (exact) mass is 165 g/mol. The van der Waals surface area contributed by atoms with Crippen LogP contribution in [-0.4, -0.2) is 11.1 Å². The number of aromatic carboxylic acids is 1. The molecule has 0 aliphatic heterocycles. The van der Waals surface area contributed by atoms with Gasteiger partial charge in [-0.15, -0.1) is 0 Å². The molecule has 0 saturated carbocycles. The molecule has 0 saturated heterocycles. The van der Waals surface area contributed by atoms with Crippen LogP contribution in [0.25, 0.3) is 0 Å². The van der Waals surface area contributed by atoms with Crippen molar-refractivity contribution in [1.29, 1.82) is 0 Å². The highest BCUT2D eigenvalue weighted by Gasteiger charge is 2.07. The smallest absolute Gasteiger partial charge is 0.336 e. The van der Waals surface area contributed by atoms with Crippen molar-refractivity contribution in [2.45, 2.75) is 13.5 Å². The second-order valence-electron chi connectivity index (χ2n) is 2.67. The lowest BCUT2D eigenvalue weighted by atomic mass is 10.0. The van der Waals surface area contributed by atoms with Crippen LogP contribution in [0.5, 0.6) is 0 Å². The van der Waals surface area contributed by atoms with Gasteiger partial charge in [-0.3, -0.25) is 0 Å². The minimum atomic E-state index is -0.921. The maximum absolute atomic E-state index is 10.6. The van der Waals surface area contributed by atoms with Gasteiger partial charge in [0.1, 0.15) is 0 Å². The van der Waals surface area contributed by atoms with Gasteiger partial charge in [-0.1, -0.05) is 17.7 Å². The van der Waals surface area contributed by atoms with Gasteiger partial charge in [-0.2, -0.15) is 0 Å². The molecule has 0 aliphatic carbocycles. The largest absolute Gasteiger partial charge is 0.478 e. The number of aryl methyl sites for hydroxylation is 1. The van der Waals surface area contributed by atoms with E-state index < -0.39 is 5.97 Å². The molecule has 1 aromatic carbocycles. The second kappa shape index (κ2) is 3.36. The number of carboxylic acids is 1. The summed E-state index contributed by atoms with van der Waals surface area (Å²) in [5.74, 6) is -0.921. The van der Waals surface area contributed by atoms with Crippen LogP contribution in [0.4, 0.5) is 0 Å². The first-order valence-corrected chi connectivity index (χ1v) is 3.68. The predicted octanol–water partition coefficient (Wildman–Crippen LogP) is 1.15. The van der Waals surface area contributed by atoms with Crippen LogP contribution in [0.2, 0.25) is 0 Å². The van der Waals surface area contributed by atoms with Gasteiger partial charge in [0.25, 0.3) is 0 Å². The Bertz CT molecular complexity index is 307. The molecule has 3 nitrogen and oxygen atoms in total. The molecule has 3 N–H and O–H groups in total. The molecule has 64 valence electrons. The average molecular weight is 165 g/mol. The molecule has 0 atom stereocenters. The Morgan fingerprint density at radius 3 is 2.75 bits per heavy atom. The predicted molar refractivity (Wildman–Crippen MR) is 46.0 cm³/mol. The molecule has 0 radical (unpaired) electrons. The van der Waals surface area contributed by atoms with Crippen molar-refractivity contribution in [3.8, 4) is 0 Å². The van der Waals surface area contributed by atoms with Gasteiger partial charge in [-0.05, 0) is 18.6 Å². The van der Waals surface area contributed by atoms with Crippen LogP contribution >= 0.6 is 0 Å². The summed E-state index contributed by atoms with van der Waals surface area (Å²) >= 11 is 0. The van der Waals surface area contributed by atoms with Crippen LogP contribution in [0.3, 0.4) is 0 Å². The zero-order chi connectivity index (χ0) is 9.14. The Morgan fingerprint density at radius 1 is 1.58 bits per heavy atom. The van der Waals surface area contributed by atoms with E-state index in [2.05, 4.69) is 0 Å². The molecular weight excluding hydrogens is 154 g/mol. The average Bonchev–Trinajstić information content (AvgIpc) is 2.03. The molecule has 0 aliphatic rings. The molecular formula is C9H11NO2. The fourth-order valence-corrected chi connectivity index (χ4v) is 1.10. The van der Waals surface area contributed by atoms with Crippen molar-refractivity contribution < 1.29 is 9.90 Å². The summed E-state index contributed by atoms with van der Waals surface area (Å²) in [5.41, 5.74) is 7.40. The summed E-state index contributed by atoms with van der Waals surface area (Å²) in [4.78, 5) is 10.6. The van der Waals surface area contributed by atoms with E-state index in [1.165, 1.54) is 0 Å². The van der Waals surface area contributed by atoms with E-state index in [0.717, 1.165) is 5.56 Å². The van der Waals surface area contributed by atoms with Crippen LogP contribution in [0.15, 0.2) is 18.2 Å². The first-order chi connectivity index (χ1) is 5.65. The number of hydrogen-bond acceptors (Lipinski definition) is 2. The second-order valence-corrected chi connectivity index (χ2v) is 2.67. The van der Waals surface area contributed by atoms with Gasteiger partial charge in [0, 0.05) is 6.54 Å². The highest BCUT2D eigenvalue weighted by molar-refractivity contribution is 5.89. The lowest BCUT2D eigenvalue weighted by Crippen LogP contribution is -2.06. The Balaban J connectivity index is 3.20. The molecule has 0 amide bonds. The normalized spacial score (nSPS) is 9.83. The molecule has 3 heteroatoms. The molecule has 0 bridgehead atoms. The Kier molecular flexibility index (Phi) is 2.45. The fraction of sp³-hybridized carbons (Fsp3) is 0.222. The van der Waals surface area contributed by atoms with Crippen molar-refractivity contribution in [3.05, 3.63) is 34.9 Å². The van der Waals surface area contributed by atoms with Gasteiger partial charge in [0.2, 0.25) is 0 Å². The van der Waals surface area contributed by atoms with E-state index in [0.29, 0.717) is 11.1 Å². The van der Waals surface area contributed by atoms with Crippen LogP contribution < -0.4 is 5.73 Å². The summed E-state index contributed by atoms with van der Waals surface area (Å²) in [6.07, 6.45) is 0. The van der Waals surface area contributed by atoms with E-state index >= 15 is 0 Å². The zero-order valence-corrected chi connectivity index (χ0v) is 6.87. The van der Waals surface area contributed by atoms with Gasteiger partial charge in [0.15, 0.2) is 0 Å². The Hall–Kier alpha value is -1.35. The lowest BCUT2D eigenvalue weighted by Gasteiger charge is -2.03. The highest BCUT2D eigenvalue weighted by Crippen LogP contribution is 2.10. The number of carbonyl (C=O) groups is 1. The third-order valence-electron chi connectivity index (χ3n) is 1.71.